The van der Waals surface area contributed by atoms with Crippen LogP contribution < -0.4 is 19.7 Å². The molecule has 9 nitrogen and oxygen atoms in total. The molecule has 0 bridgehead atoms. The van der Waals surface area contributed by atoms with Crippen molar-refractivity contribution in [2.24, 2.45) is 0 Å². The number of sulfonamides is 1. The second kappa shape index (κ2) is 10.8. The highest BCUT2D eigenvalue weighted by Gasteiger charge is 2.33. The molecule has 1 N–H and O–H groups in total. The molecule has 1 aliphatic heterocycles. The summed E-state index contributed by atoms with van der Waals surface area (Å²) >= 11 is 0. The molecule has 3 aromatic rings. The molecular weight excluding hydrogens is 482 g/mol. The second-order valence-electron chi connectivity index (χ2n) is 8.33. The van der Waals surface area contributed by atoms with Crippen molar-refractivity contribution in [2.75, 3.05) is 32.1 Å². The number of anilines is 1. The quantitative estimate of drug-likeness (QED) is 0.500. The maximum atomic E-state index is 13.1. The Balaban J connectivity index is 1.42. The summed E-state index contributed by atoms with van der Waals surface area (Å²) in [5, 5.41) is 2.86. The van der Waals surface area contributed by atoms with Crippen LogP contribution in [0.3, 0.4) is 0 Å². The fourth-order valence-electron chi connectivity index (χ4n) is 3.65. The minimum Gasteiger partial charge on any atom is -0.484 e. The summed E-state index contributed by atoms with van der Waals surface area (Å²) in [6.07, 6.45) is -0.886. The van der Waals surface area contributed by atoms with Gasteiger partial charge in [-0.15, -0.1) is 0 Å². The zero-order chi connectivity index (χ0) is 25.7. The van der Waals surface area contributed by atoms with Crippen LogP contribution >= 0.6 is 0 Å². The van der Waals surface area contributed by atoms with Gasteiger partial charge in [0.2, 0.25) is 10.0 Å². The van der Waals surface area contributed by atoms with Gasteiger partial charge in [0.25, 0.3) is 11.8 Å². The summed E-state index contributed by atoms with van der Waals surface area (Å²) < 4.78 is 37.1. The van der Waals surface area contributed by atoms with Crippen molar-refractivity contribution in [3.63, 3.8) is 0 Å². The molecule has 36 heavy (non-hydrogen) atoms. The molecule has 3 aromatic carbocycles. The largest absolute Gasteiger partial charge is 0.484 e. The normalized spacial score (nSPS) is 15.1. The Morgan fingerprint density at radius 3 is 2.36 bits per heavy atom. The number of benzene rings is 3. The van der Waals surface area contributed by atoms with Gasteiger partial charge in [-0.05, 0) is 42.0 Å². The monoisotopic (exact) mass is 509 g/mol. The number of para-hydroxylation sites is 2. The second-order valence-corrected chi connectivity index (χ2v) is 10.5. The minimum absolute atomic E-state index is 0.0276. The molecule has 2 amide bonds. The lowest BCUT2D eigenvalue weighted by Gasteiger charge is -2.34. The number of rotatable bonds is 8. The molecule has 188 valence electrons. The van der Waals surface area contributed by atoms with Crippen LogP contribution in [0.15, 0.2) is 83.8 Å². The van der Waals surface area contributed by atoms with Gasteiger partial charge in [0.1, 0.15) is 11.5 Å². The minimum atomic E-state index is -3.56. The fourth-order valence-corrected chi connectivity index (χ4v) is 4.55. The van der Waals surface area contributed by atoms with Gasteiger partial charge >= 0.3 is 0 Å². The molecule has 0 aliphatic carbocycles. The van der Waals surface area contributed by atoms with Crippen LogP contribution in [0.2, 0.25) is 0 Å². The Bertz CT molecular complexity index is 1330. The maximum Gasteiger partial charge on any atom is 0.265 e. The van der Waals surface area contributed by atoms with Crippen molar-refractivity contribution in [3.8, 4) is 11.5 Å². The van der Waals surface area contributed by atoms with Crippen LogP contribution in [0.4, 0.5) is 5.69 Å². The maximum absolute atomic E-state index is 13.1. The van der Waals surface area contributed by atoms with Gasteiger partial charge in [0.15, 0.2) is 12.7 Å². The summed E-state index contributed by atoms with van der Waals surface area (Å²) in [5.41, 5.74) is 1.50. The molecule has 0 saturated heterocycles. The molecule has 0 aromatic heterocycles. The molecule has 0 spiro atoms. The molecule has 0 fully saturated rings. The van der Waals surface area contributed by atoms with Crippen LogP contribution in [-0.4, -0.2) is 57.9 Å². The zero-order valence-electron chi connectivity index (χ0n) is 20.0. The smallest absolute Gasteiger partial charge is 0.265 e. The summed E-state index contributed by atoms with van der Waals surface area (Å²) in [5.74, 6) is 0.0799. The Hall–Kier alpha value is -3.89. The van der Waals surface area contributed by atoms with E-state index in [0.717, 1.165) is 9.87 Å². The summed E-state index contributed by atoms with van der Waals surface area (Å²) in [6, 6.07) is 22.3. The van der Waals surface area contributed by atoms with Gasteiger partial charge in [0, 0.05) is 20.6 Å². The van der Waals surface area contributed by atoms with E-state index in [4.69, 9.17) is 9.47 Å². The van der Waals surface area contributed by atoms with Crippen LogP contribution in [-0.2, 0) is 26.2 Å². The van der Waals surface area contributed by atoms with Gasteiger partial charge in [0.05, 0.1) is 17.1 Å². The van der Waals surface area contributed by atoms with E-state index in [-0.39, 0.29) is 29.9 Å². The molecule has 4 rings (SSSR count). The first-order valence-electron chi connectivity index (χ1n) is 11.3. The number of fused-ring (bicyclic) bond motifs is 1. The predicted molar refractivity (Wildman–Crippen MR) is 134 cm³/mol. The van der Waals surface area contributed by atoms with E-state index in [1.54, 1.807) is 24.3 Å². The molecule has 0 unspecified atom stereocenters. The van der Waals surface area contributed by atoms with Crippen molar-refractivity contribution >= 4 is 27.5 Å². The third-order valence-electron chi connectivity index (χ3n) is 5.64. The number of carbonyl (C=O) groups is 2. The Kier molecular flexibility index (Phi) is 7.56. The fraction of sp³-hybridized carbons (Fsp3) is 0.231. The number of nitrogens with zero attached hydrogens (tertiary/aromatic N) is 2. The lowest BCUT2D eigenvalue weighted by atomic mass is 10.1. The lowest BCUT2D eigenvalue weighted by molar-refractivity contribution is -0.128. The van der Waals surface area contributed by atoms with E-state index in [1.165, 1.54) is 43.3 Å². The molecule has 0 radical (unpaired) electrons. The first kappa shape index (κ1) is 25.2. The van der Waals surface area contributed by atoms with Gasteiger partial charge in [-0.1, -0.05) is 42.5 Å². The summed E-state index contributed by atoms with van der Waals surface area (Å²) in [7, 11) is -0.657. The van der Waals surface area contributed by atoms with Gasteiger partial charge in [-0.25, -0.2) is 12.7 Å². The first-order valence-corrected chi connectivity index (χ1v) is 12.7. The summed E-state index contributed by atoms with van der Waals surface area (Å²) in [6.45, 7) is 0.0735. The van der Waals surface area contributed by atoms with E-state index in [0.29, 0.717) is 23.7 Å². The highest BCUT2D eigenvalue weighted by Crippen LogP contribution is 2.33. The average Bonchev–Trinajstić information content (AvgIpc) is 2.90. The van der Waals surface area contributed by atoms with Crippen molar-refractivity contribution in [1.82, 2.24) is 9.62 Å². The van der Waals surface area contributed by atoms with Crippen LogP contribution in [0.1, 0.15) is 5.56 Å². The van der Waals surface area contributed by atoms with E-state index in [1.807, 2.05) is 30.3 Å². The molecule has 1 atom stereocenters. The Morgan fingerprint density at radius 2 is 1.67 bits per heavy atom. The van der Waals surface area contributed by atoms with E-state index < -0.39 is 16.1 Å². The van der Waals surface area contributed by atoms with E-state index in [9.17, 15) is 18.0 Å². The zero-order valence-corrected chi connectivity index (χ0v) is 20.8. The first-order chi connectivity index (χ1) is 17.3. The molecule has 0 saturated carbocycles. The van der Waals surface area contributed by atoms with Crippen molar-refractivity contribution in [1.29, 1.82) is 0 Å². The van der Waals surface area contributed by atoms with E-state index in [2.05, 4.69) is 5.32 Å². The van der Waals surface area contributed by atoms with Crippen LogP contribution in [0, 0.1) is 0 Å². The number of hydrogen-bond acceptors (Lipinski definition) is 6. The SMILES string of the molecule is CN(C)S(=O)(=O)c1ccc(OCC(=O)N2C[C@@H](C(=O)NCc3ccccc3)Oc3ccccc32)cc1. The number of amides is 2. The van der Waals surface area contributed by atoms with Gasteiger partial charge in [-0.3, -0.25) is 9.59 Å². The standard InChI is InChI=1S/C26H27N3O6S/c1-28(2)36(32,33)21-14-12-20(13-15-21)34-18-25(30)29-17-24(35-23-11-7-6-10-22(23)29)26(31)27-16-19-8-4-3-5-9-19/h3-15,24H,16-18H2,1-2H3,(H,27,31)/t24-/m0/s1. The Morgan fingerprint density at radius 1 is 1.00 bits per heavy atom. The van der Waals surface area contributed by atoms with Gasteiger partial charge < -0.3 is 19.7 Å². The molecule has 1 heterocycles. The number of ether oxygens (including phenoxy) is 2. The lowest BCUT2D eigenvalue weighted by Crippen LogP contribution is -2.51. The molecule has 1 aliphatic rings. The number of nitrogens with one attached hydrogen (secondary N) is 1. The van der Waals surface area contributed by atoms with E-state index >= 15 is 0 Å². The van der Waals surface area contributed by atoms with Crippen LogP contribution in [0.25, 0.3) is 0 Å². The van der Waals surface area contributed by atoms with Crippen molar-refractivity contribution in [2.45, 2.75) is 17.5 Å². The molecule has 10 heteroatoms. The summed E-state index contributed by atoms with van der Waals surface area (Å²) in [4.78, 5) is 27.5. The highest BCUT2D eigenvalue weighted by atomic mass is 32.2. The number of hydrogen-bond donors (Lipinski definition) is 1. The topological polar surface area (TPSA) is 105 Å². The highest BCUT2D eigenvalue weighted by molar-refractivity contribution is 7.89. The molecular formula is C26H27N3O6S. The van der Waals surface area contributed by atoms with Crippen LogP contribution in [0.5, 0.6) is 11.5 Å². The predicted octanol–water partition coefficient (Wildman–Crippen LogP) is 2.43. The Labute approximate surface area is 210 Å². The number of carbonyl (C=O) groups excluding carboxylic acids is 2. The third-order valence-corrected chi connectivity index (χ3v) is 7.47. The van der Waals surface area contributed by atoms with Crippen molar-refractivity contribution < 1.29 is 27.5 Å². The van der Waals surface area contributed by atoms with Crippen molar-refractivity contribution in [3.05, 3.63) is 84.4 Å². The average molecular weight is 510 g/mol. The third kappa shape index (κ3) is 5.67. The van der Waals surface area contributed by atoms with Gasteiger partial charge in [-0.2, -0.15) is 0 Å².